The highest BCUT2D eigenvalue weighted by Gasteiger charge is 2.05. The van der Waals surface area contributed by atoms with Crippen LogP contribution in [0.5, 0.6) is 0 Å². The molecule has 13 heavy (non-hydrogen) atoms. The normalized spacial score (nSPS) is 19.4. The van der Waals surface area contributed by atoms with E-state index in [-0.39, 0.29) is 12.4 Å². The minimum Gasteiger partial charge on any atom is -0.448 e. The van der Waals surface area contributed by atoms with Gasteiger partial charge in [0.15, 0.2) is 12.4 Å². The van der Waals surface area contributed by atoms with Crippen molar-refractivity contribution in [1.29, 1.82) is 0 Å². The molecule has 0 aromatic carbocycles. The van der Waals surface area contributed by atoms with Gasteiger partial charge in [0.2, 0.25) is 0 Å². The van der Waals surface area contributed by atoms with E-state index in [2.05, 4.69) is 16.6 Å². The zero-order valence-electron chi connectivity index (χ0n) is 7.47. The first-order chi connectivity index (χ1) is 6.29. The fraction of sp³-hybridized carbons (Fsp3) is 0.600. The van der Waals surface area contributed by atoms with Crippen molar-refractivity contribution < 1.29 is 14.3 Å². The Hall–Kier alpha value is -1.30. The maximum atomic E-state index is 11.0. The Balaban J connectivity index is 2.46. The molecule has 1 aliphatic heterocycles. The number of carbonyl (C=O) groups excluding carboxylic acids is 2. The van der Waals surface area contributed by atoms with Gasteiger partial charge in [-0.3, -0.25) is 4.79 Å². The van der Waals surface area contributed by atoms with Gasteiger partial charge in [0.1, 0.15) is 0 Å². The third-order valence-electron chi connectivity index (χ3n) is 1.81. The van der Waals surface area contributed by atoms with Gasteiger partial charge < -0.3 is 4.74 Å². The lowest BCUT2D eigenvalue weighted by molar-refractivity contribution is -0.142. The van der Waals surface area contributed by atoms with Crippen LogP contribution < -0.4 is 0 Å². The average molecular weight is 180 g/mol. The lowest BCUT2D eigenvalue weighted by Gasteiger charge is -1.99. The fourth-order valence-electron chi connectivity index (χ4n) is 1.10. The van der Waals surface area contributed by atoms with E-state index in [9.17, 15) is 9.59 Å². The van der Waals surface area contributed by atoms with Crippen molar-refractivity contribution in [3.8, 4) is 11.8 Å². The minimum atomic E-state index is -0.588. The van der Waals surface area contributed by atoms with Gasteiger partial charge >= 0.3 is 5.97 Å². The van der Waals surface area contributed by atoms with E-state index in [1.54, 1.807) is 0 Å². The van der Waals surface area contributed by atoms with Gasteiger partial charge in [-0.05, 0) is 12.8 Å². The molecule has 0 radical (unpaired) electrons. The van der Waals surface area contributed by atoms with E-state index in [0.717, 1.165) is 19.3 Å². The van der Waals surface area contributed by atoms with Crippen LogP contribution in [0.2, 0.25) is 0 Å². The molecule has 0 N–H and O–H groups in total. The van der Waals surface area contributed by atoms with Crippen LogP contribution >= 0.6 is 0 Å². The second kappa shape index (κ2) is 5.36. The molecule has 70 valence electrons. The third-order valence-corrected chi connectivity index (χ3v) is 1.81. The fourth-order valence-corrected chi connectivity index (χ4v) is 1.10. The molecule has 0 unspecified atom stereocenters. The molecule has 1 aliphatic rings. The zero-order valence-corrected chi connectivity index (χ0v) is 7.47. The maximum Gasteiger partial charge on any atom is 0.384 e. The summed E-state index contributed by atoms with van der Waals surface area (Å²) in [4.78, 5) is 21.8. The van der Waals surface area contributed by atoms with Crippen LogP contribution in [-0.2, 0) is 14.3 Å². The lowest BCUT2D eigenvalue weighted by Crippen LogP contribution is -2.11. The molecule has 0 saturated carbocycles. The van der Waals surface area contributed by atoms with Crippen molar-refractivity contribution in [3.63, 3.8) is 0 Å². The monoisotopic (exact) mass is 180 g/mol. The summed E-state index contributed by atoms with van der Waals surface area (Å²) in [5, 5.41) is 0. The summed E-state index contributed by atoms with van der Waals surface area (Å²) < 4.78 is 4.62. The van der Waals surface area contributed by atoms with Crippen molar-refractivity contribution in [2.75, 3.05) is 6.61 Å². The summed E-state index contributed by atoms with van der Waals surface area (Å²) in [7, 11) is 0. The summed E-state index contributed by atoms with van der Waals surface area (Å²) in [5.74, 6) is 4.44. The second-order valence-electron chi connectivity index (χ2n) is 2.98. The van der Waals surface area contributed by atoms with E-state index in [1.165, 1.54) is 0 Å². The van der Waals surface area contributed by atoms with Gasteiger partial charge in [0.05, 0.1) is 0 Å². The molecule has 0 amide bonds. The molecule has 1 heterocycles. The molecule has 3 nitrogen and oxygen atoms in total. The number of esters is 1. The third kappa shape index (κ3) is 4.32. The molecular weight excluding hydrogens is 168 g/mol. The number of ketones is 1. The van der Waals surface area contributed by atoms with Crippen molar-refractivity contribution >= 4 is 11.8 Å². The van der Waals surface area contributed by atoms with Gasteiger partial charge in [0.25, 0.3) is 0 Å². The first-order valence-corrected chi connectivity index (χ1v) is 4.46. The van der Waals surface area contributed by atoms with Gasteiger partial charge in [-0.25, -0.2) is 4.79 Å². The van der Waals surface area contributed by atoms with E-state index in [0.29, 0.717) is 12.8 Å². The Morgan fingerprint density at radius 1 is 1.15 bits per heavy atom. The van der Waals surface area contributed by atoms with Crippen molar-refractivity contribution in [1.82, 2.24) is 0 Å². The molecule has 0 saturated heterocycles. The van der Waals surface area contributed by atoms with Gasteiger partial charge in [0, 0.05) is 18.8 Å². The van der Waals surface area contributed by atoms with E-state index >= 15 is 0 Å². The Morgan fingerprint density at radius 2 is 2.00 bits per heavy atom. The number of rotatable bonds is 0. The molecule has 0 atom stereocenters. The van der Waals surface area contributed by atoms with Crippen LogP contribution in [0, 0.1) is 11.8 Å². The van der Waals surface area contributed by atoms with Crippen LogP contribution in [0.4, 0.5) is 0 Å². The summed E-state index contributed by atoms with van der Waals surface area (Å²) >= 11 is 0. The highest BCUT2D eigenvalue weighted by molar-refractivity contribution is 5.90. The molecule has 0 aromatic rings. The van der Waals surface area contributed by atoms with Crippen LogP contribution in [0.3, 0.4) is 0 Å². The van der Waals surface area contributed by atoms with Crippen molar-refractivity contribution in [3.05, 3.63) is 0 Å². The minimum absolute atomic E-state index is 0.0166. The average Bonchev–Trinajstić information content (AvgIpc) is 2.15. The predicted molar refractivity (Wildman–Crippen MR) is 46.8 cm³/mol. The molecule has 0 aromatic heterocycles. The zero-order chi connectivity index (χ0) is 9.52. The van der Waals surface area contributed by atoms with E-state index in [1.807, 2.05) is 0 Å². The Morgan fingerprint density at radius 3 is 2.85 bits per heavy atom. The number of ether oxygens (including phenoxy) is 1. The first-order valence-electron chi connectivity index (χ1n) is 4.46. The highest BCUT2D eigenvalue weighted by Crippen LogP contribution is 2.04. The van der Waals surface area contributed by atoms with Crippen LogP contribution in [0.25, 0.3) is 0 Å². The summed E-state index contributed by atoms with van der Waals surface area (Å²) in [6.45, 7) is -0.118. The molecule has 0 bridgehead atoms. The molecule has 0 spiro atoms. The van der Waals surface area contributed by atoms with Crippen molar-refractivity contribution in [2.24, 2.45) is 0 Å². The SMILES string of the molecule is O=C1CCCCCC#CC(=O)OC1. The highest BCUT2D eigenvalue weighted by atomic mass is 16.5. The quantitative estimate of drug-likeness (QED) is 0.318. The Bertz CT molecular complexity index is 257. The number of hydrogen-bond acceptors (Lipinski definition) is 3. The van der Waals surface area contributed by atoms with E-state index < -0.39 is 5.97 Å². The van der Waals surface area contributed by atoms with E-state index in [4.69, 9.17) is 0 Å². The van der Waals surface area contributed by atoms with Gasteiger partial charge in [-0.2, -0.15) is 0 Å². The summed E-state index contributed by atoms with van der Waals surface area (Å²) in [6.07, 6.45) is 4.04. The number of cyclic esters (lactones) is 1. The Kier molecular flexibility index (Phi) is 4.04. The predicted octanol–water partition coefficient (Wildman–Crippen LogP) is 1.07. The topological polar surface area (TPSA) is 43.4 Å². The Labute approximate surface area is 77.5 Å². The summed E-state index contributed by atoms with van der Waals surface area (Å²) in [5.41, 5.74) is 0. The smallest absolute Gasteiger partial charge is 0.384 e. The largest absolute Gasteiger partial charge is 0.448 e. The number of Topliss-reactive ketones (excluding diaryl/α,β-unsaturated/α-hetero) is 1. The van der Waals surface area contributed by atoms with Crippen LogP contribution in [0.1, 0.15) is 32.1 Å². The van der Waals surface area contributed by atoms with Crippen molar-refractivity contribution in [2.45, 2.75) is 32.1 Å². The molecule has 1 rings (SSSR count). The number of carbonyl (C=O) groups is 2. The molecule has 0 fully saturated rings. The second-order valence-corrected chi connectivity index (χ2v) is 2.98. The number of hydrogen-bond donors (Lipinski definition) is 0. The van der Waals surface area contributed by atoms with Gasteiger partial charge in [-0.15, -0.1) is 0 Å². The summed E-state index contributed by atoms with van der Waals surface area (Å²) in [6, 6.07) is 0. The van der Waals surface area contributed by atoms with Gasteiger partial charge in [-0.1, -0.05) is 12.3 Å². The first kappa shape index (κ1) is 9.79. The lowest BCUT2D eigenvalue weighted by atomic mass is 10.1. The maximum absolute atomic E-state index is 11.0. The molecule has 0 aliphatic carbocycles. The van der Waals surface area contributed by atoms with Crippen LogP contribution in [0.15, 0.2) is 0 Å². The molecule has 3 heteroatoms. The molecular formula is C10H12O3. The standard InChI is InChI=1S/C10H12O3/c11-9-6-4-2-1-3-5-7-10(12)13-8-9/h1-4,6,8H2. The van der Waals surface area contributed by atoms with Crippen LogP contribution in [-0.4, -0.2) is 18.4 Å².